The molecule has 1 aliphatic heterocycles. The van der Waals surface area contributed by atoms with Crippen molar-refractivity contribution in [1.29, 1.82) is 0 Å². The maximum absolute atomic E-state index is 14.8. The van der Waals surface area contributed by atoms with Crippen LogP contribution in [-0.2, 0) is 6.54 Å². The third kappa shape index (κ3) is 3.02. The van der Waals surface area contributed by atoms with Crippen LogP contribution in [0.1, 0.15) is 16.8 Å². The first-order chi connectivity index (χ1) is 14.4. The van der Waals surface area contributed by atoms with Crippen LogP contribution in [0.5, 0.6) is 0 Å². The van der Waals surface area contributed by atoms with Crippen LogP contribution in [0.15, 0.2) is 70.8 Å². The van der Waals surface area contributed by atoms with Gasteiger partial charge in [0, 0.05) is 11.1 Å². The van der Waals surface area contributed by atoms with E-state index in [9.17, 15) is 4.39 Å². The van der Waals surface area contributed by atoms with Gasteiger partial charge in [-0.3, -0.25) is 9.56 Å². The lowest BCUT2D eigenvalue weighted by Crippen LogP contribution is -2.38. The Morgan fingerprint density at radius 1 is 1.07 bits per heavy atom. The van der Waals surface area contributed by atoms with E-state index in [0.29, 0.717) is 29.3 Å². The lowest BCUT2D eigenvalue weighted by molar-refractivity contribution is 0.569. The Kier molecular flexibility index (Phi) is 4.29. The summed E-state index contributed by atoms with van der Waals surface area (Å²) in [7, 11) is -1.58. The molecule has 0 saturated heterocycles. The lowest BCUT2D eigenvalue weighted by Gasteiger charge is -2.20. The number of hydrogen-bond acceptors (Lipinski definition) is 4. The van der Waals surface area contributed by atoms with Gasteiger partial charge in [-0.05, 0) is 18.2 Å². The summed E-state index contributed by atoms with van der Waals surface area (Å²) in [5, 5.41) is 1.30. The molecular weight excluding hydrogens is 395 g/mol. The van der Waals surface area contributed by atoms with Crippen LogP contribution in [0.4, 0.5) is 4.39 Å². The Bertz CT molecular complexity index is 1270. The molecule has 2 aromatic heterocycles. The highest BCUT2D eigenvalue weighted by atomic mass is 28.3. The number of hydrogen-bond donors (Lipinski definition) is 0. The van der Waals surface area contributed by atoms with E-state index in [1.807, 2.05) is 10.6 Å². The van der Waals surface area contributed by atoms with Gasteiger partial charge in [0.25, 0.3) is 0 Å². The predicted octanol–water partition coefficient (Wildman–Crippen LogP) is 4.56. The van der Waals surface area contributed by atoms with E-state index < -0.39 is 8.07 Å². The van der Waals surface area contributed by atoms with E-state index in [1.165, 1.54) is 17.6 Å². The first-order valence-electron chi connectivity index (χ1n) is 9.83. The van der Waals surface area contributed by atoms with Gasteiger partial charge in [-0.25, -0.2) is 14.4 Å². The van der Waals surface area contributed by atoms with Crippen LogP contribution in [0.2, 0.25) is 19.6 Å². The van der Waals surface area contributed by atoms with Crippen LogP contribution in [-0.4, -0.2) is 28.3 Å². The lowest BCUT2D eigenvalue weighted by atomic mass is 10.00. The van der Waals surface area contributed by atoms with Crippen molar-refractivity contribution in [3.05, 3.63) is 84.0 Å². The number of fused-ring (bicyclic) bond motifs is 3. The van der Waals surface area contributed by atoms with E-state index in [1.54, 1.807) is 24.7 Å². The van der Waals surface area contributed by atoms with Gasteiger partial charge in [-0.1, -0.05) is 49.1 Å². The summed E-state index contributed by atoms with van der Waals surface area (Å²) < 4.78 is 22.3. The molecule has 30 heavy (non-hydrogen) atoms. The highest BCUT2D eigenvalue weighted by Crippen LogP contribution is 2.31. The zero-order valence-electron chi connectivity index (χ0n) is 17.1. The predicted molar refractivity (Wildman–Crippen MR) is 118 cm³/mol. The highest BCUT2D eigenvalue weighted by molar-refractivity contribution is 6.88. The monoisotopic (exact) mass is 416 g/mol. The maximum atomic E-state index is 14.8. The van der Waals surface area contributed by atoms with Gasteiger partial charge in [-0.15, -0.1) is 0 Å². The fourth-order valence-electron chi connectivity index (χ4n) is 3.80. The average molecular weight is 417 g/mol. The quantitative estimate of drug-likeness (QED) is 0.460. The zero-order chi connectivity index (χ0) is 20.9. The SMILES string of the molecule is C[Si](C)(C)c1ccc2c(c1)C(c1ccccc1F)=NCc1c(-c3cnco3)ncn1-2. The molecule has 5 nitrogen and oxygen atoms in total. The Hall–Kier alpha value is -3.32. The summed E-state index contributed by atoms with van der Waals surface area (Å²) in [6.07, 6.45) is 4.81. The topological polar surface area (TPSA) is 56.2 Å². The summed E-state index contributed by atoms with van der Waals surface area (Å²) >= 11 is 0. The summed E-state index contributed by atoms with van der Waals surface area (Å²) in [6.45, 7) is 7.26. The number of rotatable bonds is 3. The van der Waals surface area contributed by atoms with Gasteiger partial charge in [0.2, 0.25) is 0 Å². The minimum Gasteiger partial charge on any atom is -0.442 e. The second kappa shape index (κ2) is 6.88. The van der Waals surface area contributed by atoms with E-state index in [4.69, 9.17) is 9.41 Å². The molecule has 0 fully saturated rings. The Morgan fingerprint density at radius 3 is 2.63 bits per heavy atom. The number of aliphatic imine (C=N–C) groups is 1. The van der Waals surface area contributed by atoms with Crippen molar-refractivity contribution >= 4 is 19.0 Å². The third-order valence-electron chi connectivity index (χ3n) is 5.43. The Morgan fingerprint density at radius 2 is 1.90 bits per heavy atom. The second-order valence-corrected chi connectivity index (χ2v) is 13.5. The first kappa shape index (κ1) is 18.7. The summed E-state index contributed by atoms with van der Waals surface area (Å²) in [5.74, 6) is 0.314. The molecule has 3 heterocycles. The number of benzene rings is 2. The molecule has 0 bridgehead atoms. The molecule has 7 heteroatoms. The van der Waals surface area contributed by atoms with Crippen LogP contribution >= 0.6 is 0 Å². The minimum absolute atomic E-state index is 0.277. The summed E-state index contributed by atoms with van der Waals surface area (Å²) in [4.78, 5) is 13.4. The fraction of sp³-hybridized carbons (Fsp3) is 0.174. The number of imidazole rings is 1. The van der Waals surface area contributed by atoms with Gasteiger partial charge >= 0.3 is 0 Å². The fourth-order valence-corrected chi connectivity index (χ4v) is 4.96. The molecule has 0 amide bonds. The highest BCUT2D eigenvalue weighted by Gasteiger charge is 2.26. The van der Waals surface area contributed by atoms with E-state index >= 15 is 0 Å². The molecule has 0 saturated carbocycles. The molecule has 4 aromatic rings. The van der Waals surface area contributed by atoms with E-state index in [-0.39, 0.29) is 5.82 Å². The van der Waals surface area contributed by atoms with Crippen molar-refractivity contribution in [1.82, 2.24) is 14.5 Å². The smallest absolute Gasteiger partial charge is 0.181 e. The van der Waals surface area contributed by atoms with Gasteiger partial charge in [0.1, 0.15) is 17.8 Å². The molecule has 150 valence electrons. The molecule has 0 N–H and O–H groups in total. The molecular formula is C23H21FN4OSi. The van der Waals surface area contributed by atoms with Crippen LogP contribution in [0, 0.1) is 5.82 Å². The summed E-state index contributed by atoms with van der Waals surface area (Å²) in [6, 6.07) is 13.3. The van der Waals surface area contributed by atoms with Gasteiger partial charge < -0.3 is 4.42 Å². The van der Waals surface area contributed by atoms with Crippen molar-refractivity contribution in [3.8, 4) is 17.1 Å². The maximum Gasteiger partial charge on any atom is 0.181 e. The van der Waals surface area contributed by atoms with Gasteiger partial charge in [0.05, 0.1) is 37.9 Å². The molecule has 1 aliphatic rings. The zero-order valence-corrected chi connectivity index (χ0v) is 18.1. The number of nitrogens with zero attached hydrogens (tertiary/aromatic N) is 4. The van der Waals surface area contributed by atoms with Crippen LogP contribution in [0.25, 0.3) is 17.1 Å². The molecule has 5 rings (SSSR count). The number of oxazole rings is 1. The molecule has 2 aromatic carbocycles. The van der Waals surface area contributed by atoms with Crippen molar-refractivity contribution in [2.45, 2.75) is 26.2 Å². The largest absolute Gasteiger partial charge is 0.442 e. The van der Waals surface area contributed by atoms with Crippen molar-refractivity contribution in [2.75, 3.05) is 0 Å². The first-order valence-corrected chi connectivity index (χ1v) is 13.3. The van der Waals surface area contributed by atoms with Crippen LogP contribution < -0.4 is 5.19 Å². The molecule has 0 radical (unpaired) electrons. The molecule has 0 spiro atoms. The van der Waals surface area contributed by atoms with Gasteiger partial charge in [0.15, 0.2) is 12.2 Å². The number of aromatic nitrogens is 3. The molecule has 0 unspecified atom stereocenters. The van der Waals surface area contributed by atoms with Crippen LogP contribution in [0.3, 0.4) is 0 Å². The normalized spacial score (nSPS) is 13.4. The molecule has 0 atom stereocenters. The van der Waals surface area contributed by atoms with Gasteiger partial charge in [-0.2, -0.15) is 0 Å². The van der Waals surface area contributed by atoms with Crippen molar-refractivity contribution in [3.63, 3.8) is 0 Å². The second-order valence-electron chi connectivity index (χ2n) is 8.40. The number of halogens is 1. The van der Waals surface area contributed by atoms with Crippen molar-refractivity contribution in [2.24, 2.45) is 4.99 Å². The standard InChI is InChI=1S/C23H21FN4OSi/c1-30(2,3)15-8-9-19-17(10-15)22(16-6-4-5-7-18(16)24)26-11-20-23(27-13-28(19)20)21-12-25-14-29-21/h4-10,12-14H,11H2,1-3H3. The Labute approximate surface area is 175 Å². The third-order valence-corrected chi connectivity index (χ3v) is 7.47. The minimum atomic E-state index is -1.58. The molecule has 0 aliphatic carbocycles. The van der Waals surface area contributed by atoms with Crippen molar-refractivity contribution < 1.29 is 8.81 Å². The van der Waals surface area contributed by atoms with E-state index in [0.717, 1.165) is 16.9 Å². The summed E-state index contributed by atoms with van der Waals surface area (Å²) in [5.41, 5.74) is 4.61. The average Bonchev–Trinajstić information content (AvgIpc) is 3.35. The Balaban J connectivity index is 1.78. The van der Waals surface area contributed by atoms with E-state index in [2.05, 4.69) is 47.8 Å².